The Morgan fingerprint density at radius 2 is 0.566 bits per heavy atom. The van der Waals surface area contributed by atoms with E-state index in [0.29, 0.717) is 144 Å². The van der Waals surface area contributed by atoms with Crippen LogP contribution in [-0.2, 0) is 2.84 Å². The van der Waals surface area contributed by atoms with E-state index in [1.807, 2.05) is 42.5 Å². The van der Waals surface area contributed by atoms with Gasteiger partial charge >= 0.3 is 29.8 Å². The number of hydrogen-bond acceptors (Lipinski definition) is 14. The number of alkyl halides is 8. The Bertz CT molecular complexity index is 5280. The lowest BCUT2D eigenvalue weighted by Gasteiger charge is -2.36. The van der Waals surface area contributed by atoms with Crippen molar-refractivity contribution in [2.24, 2.45) is 54.9 Å². The van der Waals surface area contributed by atoms with Crippen LogP contribution in [0.1, 0.15) is 61.8 Å². The summed E-state index contributed by atoms with van der Waals surface area (Å²) in [5, 5.41) is 9.27. The van der Waals surface area contributed by atoms with Gasteiger partial charge < -0.3 is 22.7 Å². The van der Waals surface area contributed by atoms with Crippen LogP contribution in [0.25, 0.3) is 32.3 Å². The molecule has 0 radical (unpaired) electrons. The van der Waals surface area contributed by atoms with Gasteiger partial charge in [-0.05, 0) is 0 Å². The van der Waals surface area contributed by atoms with Crippen LogP contribution in [-0.4, -0.2) is 154 Å². The van der Waals surface area contributed by atoms with Gasteiger partial charge in [0.15, 0.2) is 40.8 Å². The molecule has 0 aliphatic carbocycles. The van der Waals surface area contributed by atoms with Crippen LogP contribution in [0.2, 0.25) is 0 Å². The topological polar surface area (TPSA) is 175 Å². The molecule has 99 heavy (non-hydrogen) atoms. The molecule has 12 bridgehead atoms. The highest BCUT2D eigenvalue weighted by Crippen LogP contribution is 2.47. The number of benzene rings is 8. The Morgan fingerprint density at radius 1 is 0.283 bits per heavy atom. The lowest BCUT2D eigenvalue weighted by Crippen LogP contribution is -2.60. The van der Waals surface area contributed by atoms with Crippen molar-refractivity contribution >= 4 is 138 Å². The van der Waals surface area contributed by atoms with Crippen molar-refractivity contribution in [3.63, 3.8) is 0 Å². The number of amidine groups is 9. The largest absolute Gasteiger partial charge is 0.781 e. The molecule has 494 valence electrons. The first-order valence-corrected chi connectivity index (χ1v) is 33.5. The van der Waals surface area contributed by atoms with Gasteiger partial charge in [0.2, 0.25) is 0 Å². The van der Waals surface area contributed by atoms with Gasteiger partial charge in [-0.15, -0.1) is 0 Å². The lowest BCUT2D eigenvalue weighted by atomic mass is 10.1. The van der Waals surface area contributed by atoms with Crippen LogP contribution in [0.4, 0.5) is 58.4 Å². The highest BCUT2D eigenvalue weighted by molar-refractivity contribution is 6.66. The molecule has 3 aromatic heterocycles. The monoisotopic (exact) mass is 1370 g/mol. The van der Waals surface area contributed by atoms with Gasteiger partial charge in [0.05, 0.1) is 57.4 Å². The molecule has 12 heterocycles. The first-order chi connectivity index (χ1) is 49.1. The highest BCUT2D eigenvalue weighted by Gasteiger charge is 2.57. The summed E-state index contributed by atoms with van der Waals surface area (Å²) in [6.07, 6.45) is -0.593. The zero-order valence-electron chi connectivity index (χ0n) is 54.3. The third-order valence-corrected chi connectivity index (χ3v) is 22.8. The predicted octanol–water partition coefficient (Wildman–Crippen LogP) is 14.2. The minimum absolute atomic E-state index is 0.500. The number of rotatable bonds is 2. The SMILES string of the molecule is CF.CF.CF.CF.CF.CF.CF.CF.c1ccc2c(c1)C1=NC2=Nc2c3ccccc3c3[n]2[Al]([O][Al]2[n]4c5c6ccccc6c4N=C4N=C(N=c6c7ccccc7c([n]62)=NC2=NC(=N5)c5ccccc52)c2ccccc24)[N]2C(=N1)c1ccccc1C2NC1=NC(=N3)c2ccccc21. The van der Waals surface area contributed by atoms with E-state index in [-0.39, 0.29) is 0 Å². The number of nitrogens with zero attached hydrogens (tertiary/aromatic N) is 15. The van der Waals surface area contributed by atoms with E-state index >= 15 is 0 Å². The fourth-order valence-electron chi connectivity index (χ4n) is 13.4. The second kappa shape index (κ2) is 29.4. The van der Waals surface area contributed by atoms with Gasteiger partial charge in [-0.2, -0.15) is 0 Å². The summed E-state index contributed by atoms with van der Waals surface area (Å²) in [5.41, 5.74) is 10.3. The first kappa shape index (κ1) is 68.0. The molecule has 8 aromatic carbocycles. The summed E-state index contributed by atoms with van der Waals surface area (Å²) in [5.74, 6) is 7.74. The molecule has 0 amide bonds. The average Bonchev–Trinajstić information content (AvgIpc) is 1.55. The van der Waals surface area contributed by atoms with Crippen molar-refractivity contribution in [3.8, 4) is 0 Å². The Kier molecular flexibility index (Phi) is 20.2. The van der Waals surface area contributed by atoms with Crippen molar-refractivity contribution in [2.45, 2.75) is 6.17 Å². The molecule has 0 saturated heterocycles. The number of fused-ring (bicyclic) bond motifs is 28. The maximum absolute atomic E-state index is 9.50. The zero-order chi connectivity index (χ0) is 69.8. The predicted molar refractivity (Wildman–Crippen MR) is 381 cm³/mol. The van der Waals surface area contributed by atoms with Crippen LogP contribution in [0.5, 0.6) is 0 Å². The molecular formula is C72H58Al2F8N16O. The minimum Gasteiger partial charge on any atom is -0.564 e. The molecular weight excluding hydrogens is 1310 g/mol. The maximum Gasteiger partial charge on any atom is 0.781 e. The second-order valence-electron chi connectivity index (χ2n) is 21.4. The summed E-state index contributed by atoms with van der Waals surface area (Å²) in [7, 11) is 4.00. The van der Waals surface area contributed by atoms with Crippen LogP contribution in [0.3, 0.4) is 0 Å². The summed E-state index contributed by atoms with van der Waals surface area (Å²) in [4.78, 5) is 61.6. The van der Waals surface area contributed by atoms with E-state index < -0.39 is 36.0 Å². The summed E-state index contributed by atoms with van der Waals surface area (Å²) in [6, 6.07) is 66.5. The van der Waals surface area contributed by atoms with Gasteiger partial charge in [-0.1, -0.05) is 194 Å². The van der Waals surface area contributed by atoms with E-state index in [1.165, 1.54) is 0 Å². The quantitative estimate of drug-likeness (QED) is 0.134. The molecule has 9 aliphatic heterocycles. The normalized spacial score (nSPS) is 15.1. The van der Waals surface area contributed by atoms with Crippen molar-refractivity contribution in [3.05, 3.63) is 261 Å². The number of halogens is 8. The summed E-state index contributed by atoms with van der Waals surface area (Å²) >= 11 is -7.27. The van der Waals surface area contributed by atoms with E-state index in [4.69, 9.17) is 57.8 Å². The van der Waals surface area contributed by atoms with Crippen LogP contribution >= 0.6 is 0 Å². The molecule has 0 spiro atoms. The van der Waals surface area contributed by atoms with Crippen molar-refractivity contribution < 1.29 is 38.0 Å². The maximum atomic E-state index is 9.50. The molecule has 0 saturated carbocycles. The Morgan fingerprint density at radius 3 is 0.949 bits per heavy atom. The van der Waals surface area contributed by atoms with Gasteiger partial charge in [0, 0.05) is 88.0 Å². The molecule has 0 fully saturated rings. The van der Waals surface area contributed by atoms with E-state index in [2.05, 4.69) is 172 Å². The summed E-state index contributed by atoms with van der Waals surface area (Å²) < 4.78 is 94.1. The third-order valence-electron chi connectivity index (χ3n) is 17.0. The molecule has 17 nitrogen and oxygen atoms in total. The second-order valence-corrected chi connectivity index (χ2v) is 25.9. The molecule has 9 aliphatic rings. The molecule has 20 rings (SSSR count). The standard InChI is InChI=1S/C32H18N8.C32H16N8.8CH3F.2Al.O/c2*1-2-10-18-17(9-1)25-33-26(18)38-28-21-13-5-6-14-22(21)30(35-28)40-32-24-16-8-7-15-23(24)31(36-32)39-29-20-12-4-3-11-19(20)27(34-29)37-25;8*1-2;;;/h1-16,25H,(H-,33,34,35,37,38,39,40);1-16H;8*1H3;;;/q2*-2;;;;;;;;;2*+2;. The number of hydrogen-bond donors (Lipinski definition) is 1. The number of aliphatic imine (C=N–C) groups is 9. The van der Waals surface area contributed by atoms with Gasteiger partial charge in [0.1, 0.15) is 52.1 Å². The Labute approximate surface area is 571 Å². The smallest absolute Gasteiger partial charge is 0.564 e. The highest BCUT2D eigenvalue weighted by atomic mass is 27.3. The summed E-state index contributed by atoms with van der Waals surface area (Å²) in [6.45, 7) is 0. The Hall–Kier alpha value is -10.9. The molecule has 1 N–H and O–H groups in total. The van der Waals surface area contributed by atoms with Crippen LogP contribution in [0, 0.1) is 0 Å². The van der Waals surface area contributed by atoms with Gasteiger partial charge in [-0.25, -0.2) is 54.9 Å². The molecule has 1 unspecified atom stereocenters. The fourth-order valence-corrected chi connectivity index (χ4v) is 20.1. The molecule has 1 atom stereocenters. The van der Waals surface area contributed by atoms with Crippen molar-refractivity contribution in [1.82, 2.24) is 19.9 Å². The van der Waals surface area contributed by atoms with E-state index in [1.54, 1.807) is 0 Å². The minimum atomic E-state index is -3.66. The van der Waals surface area contributed by atoms with E-state index in [0.717, 1.165) is 88.0 Å². The third kappa shape index (κ3) is 10.8. The molecule has 11 aromatic rings. The van der Waals surface area contributed by atoms with Gasteiger partial charge in [-0.3, -0.25) is 35.1 Å². The molecule has 27 heteroatoms. The van der Waals surface area contributed by atoms with E-state index in [9.17, 15) is 35.1 Å². The first-order valence-electron chi connectivity index (χ1n) is 30.5. The Balaban J connectivity index is 0.000000546. The van der Waals surface area contributed by atoms with Crippen LogP contribution < -0.4 is 16.3 Å². The lowest BCUT2D eigenvalue weighted by molar-refractivity contribution is 0.377. The van der Waals surface area contributed by atoms with Gasteiger partial charge in [0.25, 0.3) is 0 Å². The zero-order valence-corrected chi connectivity index (χ0v) is 56.7. The van der Waals surface area contributed by atoms with Crippen molar-refractivity contribution in [2.75, 3.05) is 57.4 Å². The fraction of sp³-hybridized carbons (Fsp3) is 0.125. The van der Waals surface area contributed by atoms with Crippen molar-refractivity contribution in [1.29, 1.82) is 0 Å². The number of nitrogens with one attached hydrogen (secondary N) is 1. The average molecular weight is 1370 g/mol. The number of aromatic nitrogens is 3. The van der Waals surface area contributed by atoms with Crippen LogP contribution in [0.15, 0.2) is 249 Å².